The maximum Gasteiger partial charge on any atom is 0.0410 e. The second-order valence-corrected chi connectivity index (χ2v) is 8.19. The molecular formula is C13H20BrN3S2. The maximum atomic E-state index is 5.80. The summed E-state index contributed by atoms with van der Waals surface area (Å²) in [6.45, 7) is 2.27. The maximum absolute atomic E-state index is 5.80. The van der Waals surface area contributed by atoms with Crippen LogP contribution in [0.3, 0.4) is 0 Å². The Kier molecular flexibility index (Phi) is 6.49. The van der Waals surface area contributed by atoms with Crippen molar-refractivity contribution in [1.29, 1.82) is 0 Å². The summed E-state index contributed by atoms with van der Waals surface area (Å²) in [5.74, 6) is 8.28. The van der Waals surface area contributed by atoms with Crippen LogP contribution in [0.5, 0.6) is 0 Å². The number of nitrogens with two attached hydrogens (primary N) is 1. The van der Waals surface area contributed by atoms with E-state index in [1.165, 1.54) is 23.5 Å². The smallest absolute Gasteiger partial charge is 0.0410 e. The van der Waals surface area contributed by atoms with E-state index in [2.05, 4.69) is 62.9 Å². The van der Waals surface area contributed by atoms with Crippen molar-refractivity contribution in [2.45, 2.75) is 36.3 Å². The molecule has 0 saturated carbocycles. The molecule has 1 aromatic heterocycles. The number of hydrazine groups is 1. The predicted molar refractivity (Wildman–Crippen MR) is 89.5 cm³/mol. The van der Waals surface area contributed by atoms with Crippen molar-refractivity contribution in [2.24, 2.45) is 5.84 Å². The van der Waals surface area contributed by atoms with Crippen molar-refractivity contribution in [1.82, 2.24) is 10.4 Å². The fourth-order valence-corrected chi connectivity index (χ4v) is 6.06. The molecule has 1 saturated heterocycles. The lowest BCUT2D eigenvalue weighted by molar-refractivity contribution is 0.490. The van der Waals surface area contributed by atoms with E-state index in [0.717, 1.165) is 10.9 Å². The zero-order chi connectivity index (χ0) is 13.7. The van der Waals surface area contributed by atoms with Crippen molar-refractivity contribution in [3.05, 3.63) is 28.5 Å². The van der Waals surface area contributed by atoms with Crippen LogP contribution in [0.15, 0.2) is 22.9 Å². The van der Waals surface area contributed by atoms with E-state index in [1.807, 2.05) is 12.4 Å². The van der Waals surface area contributed by atoms with Crippen LogP contribution in [0.1, 0.15) is 18.9 Å². The van der Waals surface area contributed by atoms with Gasteiger partial charge in [0.15, 0.2) is 0 Å². The number of hydrogen-bond acceptors (Lipinski definition) is 5. The molecule has 2 rings (SSSR count). The third-order valence-corrected chi connectivity index (χ3v) is 7.16. The standard InChI is InChI=1S/C13H20BrN3S2/c1-2-12-13(19-4-3-18-12)11(17-15)6-9-5-10(14)8-16-7-9/h5,7-8,11-13,17H,2-4,6,15H2,1H3. The van der Waals surface area contributed by atoms with Crippen molar-refractivity contribution in [2.75, 3.05) is 11.5 Å². The number of hydrogen-bond donors (Lipinski definition) is 2. The average molecular weight is 362 g/mol. The number of rotatable bonds is 5. The van der Waals surface area contributed by atoms with Crippen LogP contribution < -0.4 is 11.3 Å². The van der Waals surface area contributed by atoms with Crippen molar-refractivity contribution >= 4 is 39.5 Å². The average Bonchev–Trinajstić information content (AvgIpc) is 2.45. The molecule has 3 atom stereocenters. The number of aromatic nitrogens is 1. The van der Waals surface area contributed by atoms with E-state index in [4.69, 9.17) is 5.84 Å². The fourth-order valence-electron chi connectivity index (χ4n) is 2.40. The van der Waals surface area contributed by atoms with Gasteiger partial charge >= 0.3 is 0 Å². The highest BCUT2D eigenvalue weighted by Crippen LogP contribution is 2.35. The van der Waals surface area contributed by atoms with Gasteiger partial charge in [0.2, 0.25) is 0 Å². The zero-order valence-electron chi connectivity index (χ0n) is 11.0. The highest BCUT2D eigenvalue weighted by molar-refractivity contribution is 9.10. The van der Waals surface area contributed by atoms with Crippen molar-refractivity contribution in [3.8, 4) is 0 Å². The SMILES string of the molecule is CCC1SCCSC1C(Cc1cncc(Br)c1)NN. The van der Waals surface area contributed by atoms with Crippen LogP contribution in [0.25, 0.3) is 0 Å². The van der Waals surface area contributed by atoms with E-state index in [0.29, 0.717) is 16.5 Å². The van der Waals surface area contributed by atoms with E-state index < -0.39 is 0 Å². The van der Waals surface area contributed by atoms with Gasteiger partial charge in [0.25, 0.3) is 0 Å². The summed E-state index contributed by atoms with van der Waals surface area (Å²) in [6, 6.07) is 2.43. The molecule has 0 radical (unpaired) electrons. The van der Waals surface area contributed by atoms with Crippen molar-refractivity contribution < 1.29 is 0 Å². The summed E-state index contributed by atoms with van der Waals surface area (Å²) in [5, 5.41) is 1.27. The van der Waals surface area contributed by atoms with E-state index in [1.54, 1.807) is 0 Å². The molecule has 1 aliphatic rings. The predicted octanol–water partition coefficient (Wildman–Crippen LogP) is 2.85. The zero-order valence-corrected chi connectivity index (χ0v) is 14.2. The summed E-state index contributed by atoms with van der Waals surface area (Å²) in [7, 11) is 0. The minimum absolute atomic E-state index is 0.304. The molecule has 2 heterocycles. The molecule has 0 spiro atoms. The largest absolute Gasteiger partial charge is 0.271 e. The number of nitrogens with zero attached hydrogens (tertiary/aromatic N) is 1. The van der Waals surface area contributed by atoms with Crippen LogP contribution in [0, 0.1) is 0 Å². The van der Waals surface area contributed by atoms with Gasteiger partial charge in [0.05, 0.1) is 0 Å². The third-order valence-electron chi connectivity index (χ3n) is 3.32. The van der Waals surface area contributed by atoms with Crippen LogP contribution in [-0.4, -0.2) is 33.0 Å². The lowest BCUT2D eigenvalue weighted by Gasteiger charge is -2.35. The molecule has 0 aromatic carbocycles. The second kappa shape index (κ2) is 7.88. The molecule has 0 amide bonds. The monoisotopic (exact) mass is 361 g/mol. The Morgan fingerprint density at radius 2 is 2.26 bits per heavy atom. The summed E-state index contributed by atoms with van der Waals surface area (Å²) >= 11 is 7.62. The molecule has 19 heavy (non-hydrogen) atoms. The van der Waals surface area contributed by atoms with E-state index >= 15 is 0 Å². The minimum Gasteiger partial charge on any atom is -0.271 e. The molecule has 106 valence electrons. The van der Waals surface area contributed by atoms with Gasteiger partial charge < -0.3 is 0 Å². The van der Waals surface area contributed by atoms with Gasteiger partial charge in [-0.05, 0) is 40.4 Å². The molecule has 1 aliphatic heterocycles. The van der Waals surface area contributed by atoms with Crippen LogP contribution >= 0.6 is 39.5 Å². The van der Waals surface area contributed by atoms with Crippen LogP contribution in [-0.2, 0) is 6.42 Å². The van der Waals surface area contributed by atoms with Gasteiger partial charge in [-0.1, -0.05) is 6.92 Å². The lowest BCUT2D eigenvalue weighted by atomic mass is 10.0. The first-order valence-electron chi connectivity index (χ1n) is 6.53. The van der Waals surface area contributed by atoms with Gasteiger partial charge in [0.1, 0.15) is 0 Å². The molecule has 0 bridgehead atoms. The topological polar surface area (TPSA) is 50.9 Å². The Hall–Kier alpha value is 0.250. The highest BCUT2D eigenvalue weighted by Gasteiger charge is 2.31. The van der Waals surface area contributed by atoms with Crippen LogP contribution in [0.4, 0.5) is 0 Å². The first-order chi connectivity index (χ1) is 9.24. The molecule has 0 aliphatic carbocycles. The van der Waals surface area contributed by atoms with Gasteiger partial charge in [-0.25, -0.2) is 0 Å². The Morgan fingerprint density at radius 1 is 1.47 bits per heavy atom. The molecule has 3 unspecified atom stereocenters. The highest BCUT2D eigenvalue weighted by atomic mass is 79.9. The normalized spacial score (nSPS) is 25.2. The molecule has 3 nitrogen and oxygen atoms in total. The Balaban J connectivity index is 2.06. The quantitative estimate of drug-likeness (QED) is 0.623. The fraction of sp³-hybridized carbons (Fsp3) is 0.615. The van der Waals surface area contributed by atoms with E-state index in [9.17, 15) is 0 Å². The molecule has 1 aromatic rings. The Morgan fingerprint density at radius 3 is 2.95 bits per heavy atom. The van der Waals surface area contributed by atoms with Crippen LogP contribution in [0.2, 0.25) is 0 Å². The number of pyridine rings is 1. The Labute approximate surface area is 132 Å². The van der Waals surface area contributed by atoms with Gasteiger partial charge in [0, 0.05) is 44.9 Å². The Bertz CT molecular complexity index is 405. The molecule has 3 N–H and O–H groups in total. The molecule has 6 heteroatoms. The van der Waals surface area contributed by atoms with Crippen molar-refractivity contribution in [3.63, 3.8) is 0 Å². The lowest BCUT2D eigenvalue weighted by Crippen LogP contribution is -2.49. The summed E-state index contributed by atoms with van der Waals surface area (Å²) in [6.07, 6.45) is 5.88. The minimum atomic E-state index is 0.304. The van der Waals surface area contributed by atoms with Gasteiger partial charge in [-0.2, -0.15) is 23.5 Å². The summed E-state index contributed by atoms with van der Waals surface area (Å²) < 4.78 is 1.03. The molecular weight excluding hydrogens is 342 g/mol. The number of nitrogens with one attached hydrogen (secondary N) is 1. The third kappa shape index (κ3) is 4.36. The first kappa shape index (κ1) is 15.6. The number of thioether (sulfide) groups is 2. The second-order valence-electron chi connectivity index (χ2n) is 4.64. The van der Waals surface area contributed by atoms with Gasteiger partial charge in [-0.15, -0.1) is 0 Å². The number of halogens is 1. The van der Waals surface area contributed by atoms with Gasteiger partial charge in [-0.3, -0.25) is 16.3 Å². The van der Waals surface area contributed by atoms with E-state index in [-0.39, 0.29) is 0 Å². The summed E-state index contributed by atoms with van der Waals surface area (Å²) in [4.78, 5) is 4.23. The molecule has 1 fully saturated rings. The first-order valence-corrected chi connectivity index (χ1v) is 9.42. The summed E-state index contributed by atoms with van der Waals surface area (Å²) in [5.41, 5.74) is 4.25.